The van der Waals surface area contributed by atoms with Gasteiger partial charge in [-0.3, -0.25) is 0 Å². The second kappa shape index (κ2) is 10.6. The van der Waals surface area contributed by atoms with Gasteiger partial charge in [-0.2, -0.15) is 0 Å². The van der Waals surface area contributed by atoms with Crippen LogP contribution in [0.15, 0.2) is 97.1 Å². The van der Waals surface area contributed by atoms with E-state index in [0.29, 0.717) is 13.2 Å². The first-order valence-electron chi connectivity index (χ1n) is 12.5. The number of rotatable bonds is 10. The summed E-state index contributed by atoms with van der Waals surface area (Å²) in [6, 6.07) is 34.0. The van der Waals surface area contributed by atoms with E-state index in [2.05, 4.69) is 84.9 Å². The van der Waals surface area contributed by atoms with Crippen molar-refractivity contribution in [3.8, 4) is 22.6 Å². The molecule has 0 heterocycles. The average Bonchev–Trinajstić information content (AvgIpc) is 3.22. The lowest BCUT2D eigenvalue weighted by molar-refractivity contribution is 0.0552. The van der Waals surface area contributed by atoms with E-state index in [1.807, 2.05) is 26.0 Å². The molecule has 1 aliphatic carbocycles. The molecule has 4 heteroatoms. The maximum absolute atomic E-state index is 9.14. The van der Waals surface area contributed by atoms with Crippen molar-refractivity contribution in [1.29, 1.82) is 0 Å². The number of aliphatic hydroxyl groups is 1. The fourth-order valence-corrected chi connectivity index (χ4v) is 5.23. The summed E-state index contributed by atoms with van der Waals surface area (Å²) < 4.78 is 17.2. The van der Waals surface area contributed by atoms with Crippen LogP contribution in [0, 0.1) is 0 Å². The van der Waals surface area contributed by atoms with E-state index in [9.17, 15) is 0 Å². The van der Waals surface area contributed by atoms with Gasteiger partial charge in [0.2, 0.25) is 0 Å². The molecular formula is C32H32O4. The van der Waals surface area contributed by atoms with Gasteiger partial charge in [0.15, 0.2) is 0 Å². The SMILES string of the molecule is CC(C)OCCOc1ccc(C2(c3ccc(OCCO)cc3)c3ccccc3-c3ccccc32)cc1. The van der Waals surface area contributed by atoms with Crippen molar-refractivity contribution >= 4 is 0 Å². The molecule has 5 rings (SSSR count). The Hall–Kier alpha value is -3.60. The minimum absolute atomic E-state index is 0.00947. The summed E-state index contributed by atoms with van der Waals surface area (Å²) in [5, 5.41) is 9.14. The van der Waals surface area contributed by atoms with Crippen molar-refractivity contribution in [2.75, 3.05) is 26.4 Å². The lowest BCUT2D eigenvalue weighted by Gasteiger charge is -2.34. The monoisotopic (exact) mass is 480 g/mol. The van der Waals surface area contributed by atoms with E-state index < -0.39 is 5.41 Å². The second-order valence-corrected chi connectivity index (χ2v) is 9.23. The molecular weight excluding hydrogens is 448 g/mol. The predicted molar refractivity (Wildman–Crippen MR) is 143 cm³/mol. The van der Waals surface area contributed by atoms with E-state index in [0.717, 1.165) is 17.1 Å². The molecule has 0 spiro atoms. The van der Waals surface area contributed by atoms with Crippen LogP contribution in [-0.2, 0) is 10.2 Å². The first-order chi connectivity index (χ1) is 17.6. The smallest absolute Gasteiger partial charge is 0.119 e. The minimum Gasteiger partial charge on any atom is -0.491 e. The van der Waals surface area contributed by atoms with E-state index in [4.69, 9.17) is 19.3 Å². The van der Waals surface area contributed by atoms with Gasteiger partial charge in [0.05, 0.1) is 24.7 Å². The third-order valence-corrected chi connectivity index (χ3v) is 6.69. The number of aliphatic hydroxyl groups excluding tert-OH is 1. The third kappa shape index (κ3) is 4.39. The number of fused-ring (bicyclic) bond motifs is 3. The zero-order chi connectivity index (χ0) is 25.0. The molecule has 0 saturated carbocycles. The highest BCUT2D eigenvalue weighted by atomic mass is 16.5. The van der Waals surface area contributed by atoms with Crippen LogP contribution in [-0.4, -0.2) is 37.6 Å². The maximum atomic E-state index is 9.14. The van der Waals surface area contributed by atoms with E-state index in [-0.39, 0.29) is 19.3 Å². The van der Waals surface area contributed by atoms with Crippen LogP contribution in [0.3, 0.4) is 0 Å². The normalized spacial score (nSPS) is 13.3. The van der Waals surface area contributed by atoms with Crippen LogP contribution in [0.5, 0.6) is 11.5 Å². The highest BCUT2D eigenvalue weighted by molar-refractivity contribution is 5.86. The minimum atomic E-state index is -0.470. The highest BCUT2D eigenvalue weighted by Crippen LogP contribution is 2.56. The van der Waals surface area contributed by atoms with Crippen molar-refractivity contribution in [3.05, 3.63) is 119 Å². The lowest BCUT2D eigenvalue weighted by Crippen LogP contribution is -2.28. The summed E-state index contributed by atoms with van der Waals surface area (Å²) in [6.45, 7) is 5.40. The fraction of sp³-hybridized carbons (Fsp3) is 0.250. The summed E-state index contributed by atoms with van der Waals surface area (Å²) in [6.07, 6.45) is 0.193. The van der Waals surface area contributed by atoms with Gasteiger partial charge in [-0.15, -0.1) is 0 Å². The molecule has 1 N–H and O–H groups in total. The second-order valence-electron chi connectivity index (χ2n) is 9.23. The zero-order valence-corrected chi connectivity index (χ0v) is 20.8. The number of hydrogen-bond acceptors (Lipinski definition) is 4. The van der Waals surface area contributed by atoms with Crippen LogP contribution in [0.1, 0.15) is 36.1 Å². The van der Waals surface area contributed by atoms with Gasteiger partial charge in [0.1, 0.15) is 24.7 Å². The lowest BCUT2D eigenvalue weighted by atomic mass is 9.68. The van der Waals surface area contributed by atoms with Gasteiger partial charge < -0.3 is 19.3 Å². The van der Waals surface area contributed by atoms with Crippen molar-refractivity contribution in [2.45, 2.75) is 25.4 Å². The molecule has 184 valence electrons. The van der Waals surface area contributed by atoms with Crippen LogP contribution in [0.4, 0.5) is 0 Å². The van der Waals surface area contributed by atoms with Gasteiger partial charge in [0.25, 0.3) is 0 Å². The molecule has 1 aliphatic rings. The summed E-state index contributed by atoms with van der Waals surface area (Å²) in [7, 11) is 0. The molecule has 0 bridgehead atoms. The Kier molecular flexibility index (Phi) is 7.08. The fourth-order valence-electron chi connectivity index (χ4n) is 5.23. The van der Waals surface area contributed by atoms with Crippen molar-refractivity contribution in [2.24, 2.45) is 0 Å². The predicted octanol–water partition coefficient (Wildman–Crippen LogP) is 6.22. The third-order valence-electron chi connectivity index (χ3n) is 6.69. The molecule has 0 atom stereocenters. The molecule has 0 unspecified atom stereocenters. The van der Waals surface area contributed by atoms with Gasteiger partial charge in [-0.25, -0.2) is 0 Å². The van der Waals surface area contributed by atoms with Crippen LogP contribution in [0.2, 0.25) is 0 Å². The quantitative estimate of drug-likeness (QED) is 0.241. The standard InChI is InChI=1S/C32H32O4/c1-23(2)34-21-22-36-27-17-13-25(14-18-27)32(24-11-15-26(16-12-24)35-20-19-33)30-9-5-3-7-28(30)29-8-4-6-10-31(29)32/h3-18,23,33H,19-22H2,1-2H3. The summed E-state index contributed by atoms with van der Waals surface area (Å²) in [4.78, 5) is 0. The summed E-state index contributed by atoms with van der Waals surface area (Å²) in [5.74, 6) is 1.57. The van der Waals surface area contributed by atoms with Crippen molar-refractivity contribution in [3.63, 3.8) is 0 Å². The number of hydrogen-bond donors (Lipinski definition) is 1. The van der Waals surface area contributed by atoms with Gasteiger partial charge in [-0.05, 0) is 71.5 Å². The Morgan fingerprint density at radius 1 is 0.611 bits per heavy atom. The van der Waals surface area contributed by atoms with Crippen LogP contribution < -0.4 is 9.47 Å². The average molecular weight is 481 g/mol. The van der Waals surface area contributed by atoms with Crippen LogP contribution in [0.25, 0.3) is 11.1 Å². The van der Waals surface area contributed by atoms with Crippen molar-refractivity contribution < 1.29 is 19.3 Å². The van der Waals surface area contributed by atoms with Crippen LogP contribution >= 0.6 is 0 Å². The van der Waals surface area contributed by atoms with Crippen molar-refractivity contribution in [1.82, 2.24) is 0 Å². The molecule has 4 aromatic carbocycles. The molecule has 0 radical (unpaired) electrons. The topological polar surface area (TPSA) is 47.9 Å². The molecule has 36 heavy (non-hydrogen) atoms. The Morgan fingerprint density at radius 3 is 1.56 bits per heavy atom. The summed E-state index contributed by atoms with van der Waals surface area (Å²) >= 11 is 0. The Bertz CT molecular complexity index is 1250. The first kappa shape index (κ1) is 24.1. The summed E-state index contributed by atoms with van der Waals surface area (Å²) in [5.41, 5.74) is 6.88. The molecule has 0 aromatic heterocycles. The molecule has 4 aromatic rings. The molecule has 4 nitrogen and oxygen atoms in total. The van der Waals surface area contributed by atoms with E-state index in [1.165, 1.54) is 27.8 Å². The van der Waals surface area contributed by atoms with Gasteiger partial charge in [0, 0.05) is 0 Å². The molecule has 0 aliphatic heterocycles. The van der Waals surface area contributed by atoms with E-state index in [1.54, 1.807) is 0 Å². The maximum Gasteiger partial charge on any atom is 0.119 e. The Morgan fingerprint density at radius 2 is 1.08 bits per heavy atom. The molecule has 0 saturated heterocycles. The van der Waals surface area contributed by atoms with Gasteiger partial charge in [-0.1, -0.05) is 72.8 Å². The van der Waals surface area contributed by atoms with Gasteiger partial charge >= 0.3 is 0 Å². The number of benzene rings is 4. The molecule has 0 amide bonds. The zero-order valence-electron chi connectivity index (χ0n) is 20.8. The molecule has 0 fully saturated rings. The van der Waals surface area contributed by atoms with E-state index >= 15 is 0 Å². The number of ether oxygens (including phenoxy) is 3. The highest BCUT2D eigenvalue weighted by Gasteiger charge is 2.45. The first-order valence-corrected chi connectivity index (χ1v) is 12.5. The largest absolute Gasteiger partial charge is 0.491 e. The Balaban J connectivity index is 1.59. The Labute approximate surface area is 213 Å².